The Morgan fingerprint density at radius 1 is 1.35 bits per heavy atom. The van der Waals surface area contributed by atoms with Gasteiger partial charge in [-0.3, -0.25) is 4.79 Å². The van der Waals surface area contributed by atoms with Crippen LogP contribution in [-0.2, 0) is 20.4 Å². The van der Waals surface area contributed by atoms with Gasteiger partial charge in [-0.05, 0) is 19.4 Å². The highest BCUT2D eigenvalue weighted by molar-refractivity contribution is 7.92. The van der Waals surface area contributed by atoms with E-state index in [2.05, 4.69) is 0 Å². The topological polar surface area (TPSA) is 51.2 Å². The third kappa shape index (κ3) is 3.66. The van der Waals surface area contributed by atoms with Crippen molar-refractivity contribution >= 4 is 15.6 Å². The van der Waals surface area contributed by atoms with Crippen LogP contribution in [0, 0.1) is 6.92 Å². The maximum Gasteiger partial charge on any atom is 0.164 e. The van der Waals surface area contributed by atoms with Gasteiger partial charge in [0.15, 0.2) is 9.84 Å². The molecule has 0 bridgehead atoms. The number of aryl methyl sites for hydroxylation is 1. The van der Waals surface area contributed by atoms with E-state index in [1.165, 1.54) is 6.92 Å². The molecule has 0 aliphatic heterocycles. The van der Waals surface area contributed by atoms with Crippen LogP contribution >= 0.6 is 0 Å². The maximum absolute atomic E-state index is 12.0. The van der Waals surface area contributed by atoms with Crippen LogP contribution in [0.2, 0.25) is 0 Å². The highest BCUT2D eigenvalue weighted by Crippen LogP contribution is 2.14. The Balaban J connectivity index is 2.90. The highest BCUT2D eigenvalue weighted by Gasteiger charge is 2.26. The Kier molecular flexibility index (Phi) is 4.46. The van der Waals surface area contributed by atoms with Crippen LogP contribution in [0.15, 0.2) is 24.3 Å². The molecular weight excluding hydrogens is 236 g/mol. The Bertz CT molecular complexity index is 503. The van der Waals surface area contributed by atoms with Crippen LogP contribution in [-0.4, -0.2) is 19.5 Å². The average molecular weight is 254 g/mol. The van der Waals surface area contributed by atoms with Crippen LogP contribution < -0.4 is 0 Å². The summed E-state index contributed by atoms with van der Waals surface area (Å²) in [5.41, 5.74) is 1.76. The highest BCUT2D eigenvalue weighted by atomic mass is 32.2. The molecule has 0 aliphatic rings. The fourth-order valence-electron chi connectivity index (χ4n) is 1.65. The summed E-state index contributed by atoms with van der Waals surface area (Å²) in [7, 11) is -3.39. The zero-order valence-electron chi connectivity index (χ0n) is 10.4. The number of rotatable bonds is 5. The Morgan fingerprint density at radius 3 is 2.53 bits per heavy atom. The molecule has 0 amide bonds. The number of hydrogen-bond donors (Lipinski definition) is 0. The van der Waals surface area contributed by atoms with Crippen molar-refractivity contribution in [3.8, 4) is 0 Å². The lowest BCUT2D eigenvalue weighted by Gasteiger charge is -2.11. The van der Waals surface area contributed by atoms with Crippen molar-refractivity contribution in [2.75, 3.05) is 0 Å². The molecule has 1 aromatic carbocycles. The van der Waals surface area contributed by atoms with Gasteiger partial charge < -0.3 is 0 Å². The molecule has 0 N–H and O–H groups in total. The second-order valence-corrected chi connectivity index (χ2v) is 6.58. The van der Waals surface area contributed by atoms with Gasteiger partial charge in [0, 0.05) is 6.42 Å². The smallest absolute Gasteiger partial charge is 0.164 e. The summed E-state index contributed by atoms with van der Waals surface area (Å²) in [6.07, 6.45) is 0.258. The third-order valence-electron chi connectivity index (χ3n) is 2.79. The van der Waals surface area contributed by atoms with Crippen LogP contribution in [0.4, 0.5) is 0 Å². The monoisotopic (exact) mass is 254 g/mol. The fraction of sp³-hybridized carbons (Fsp3) is 0.462. The minimum atomic E-state index is -3.39. The molecule has 3 nitrogen and oxygen atoms in total. The van der Waals surface area contributed by atoms with Crippen LogP contribution in [0.5, 0.6) is 0 Å². The van der Waals surface area contributed by atoms with E-state index >= 15 is 0 Å². The van der Waals surface area contributed by atoms with Crippen LogP contribution in [0.3, 0.4) is 0 Å². The summed E-state index contributed by atoms with van der Waals surface area (Å²) in [5.74, 6) is -0.292. The molecule has 0 radical (unpaired) electrons. The molecule has 0 fully saturated rings. The second kappa shape index (κ2) is 5.45. The lowest BCUT2D eigenvalue weighted by atomic mass is 10.2. The Hall–Kier alpha value is -1.16. The van der Waals surface area contributed by atoms with Gasteiger partial charge in [-0.2, -0.15) is 0 Å². The molecule has 1 atom stereocenters. The quantitative estimate of drug-likeness (QED) is 0.810. The molecule has 0 aliphatic carbocycles. The summed E-state index contributed by atoms with van der Waals surface area (Å²) in [6.45, 7) is 5.06. The van der Waals surface area contributed by atoms with E-state index in [1.54, 1.807) is 13.0 Å². The first-order chi connectivity index (χ1) is 7.86. The van der Waals surface area contributed by atoms with Gasteiger partial charge in [-0.15, -0.1) is 0 Å². The molecule has 94 valence electrons. The number of ketones is 1. The number of carbonyl (C=O) groups excluding carboxylic acids is 1. The van der Waals surface area contributed by atoms with Crippen molar-refractivity contribution in [3.05, 3.63) is 35.4 Å². The van der Waals surface area contributed by atoms with Gasteiger partial charge in [0.05, 0.1) is 5.75 Å². The summed E-state index contributed by atoms with van der Waals surface area (Å²) in [5, 5.41) is -0.909. The second-order valence-electron chi connectivity index (χ2n) is 4.26. The van der Waals surface area contributed by atoms with Gasteiger partial charge in [0.25, 0.3) is 0 Å². The molecule has 0 spiro atoms. The predicted molar refractivity (Wildman–Crippen MR) is 68.6 cm³/mol. The van der Waals surface area contributed by atoms with E-state index in [0.29, 0.717) is 0 Å². The number of hydrogen-bond acceptors (Lipinski definition) is 3. The van der Waals surface area contributed by atoms with E-state index in [9.17, 15) is 13.2 Å². The summed E-state index contributed by atoms with van der Waals surface area (Å²) < 4.78 is 24.0. The van der Waals surface area contributed by atoms with Crippen molar-refractivity contribution in [3.63, 3.8) is 0 Å². The lowest BCUT2D eigenvalue weighted by Crippen LogP contribution is -2.27. The molecule has 0 aromatic heterocycles. The van der Waals surface area contributed by atoms with Crippen molar-refractivity contribution < 1.29 is 13.2 Å². The zero-order valence-corrected chi connectivity index (χ0v) is 11.3. The minimum Gasteiger partial charge on any atom is -0.298 e. The van der Waals surface area contributed by atoms with E-state index in [4.69, 9.17) is 0 Å². The van der Waals surface area contributed by atoms with Crippen molar-refractivity contribution in [2.45, 2.75) is 38.2 Å². The van der Waals surface area contributed by atoms with E-state index in [-0.39, 0.29) is 18.0 Å². The molecule has 1 rings (SSSR count). The summed E-state index contributed by atoms with van der Waals surface area (Å²) in [4.78, 5) is 11.4. The molecule has 4 heteroatoms. The molecule has 0 saturated carbocycles. The largest absolute Gasteiger partial charge is 0.298 e. The minimum absolute atomic E-state index is 0.0679. The van der Waals surface area contributed by atoms with Gasteiger partial charge >= 0.3 is 0 Å². The first-order valence-electron chi connectivity index (χ1n) is 5.66. The number of Topliss-reactive ketones (excluding diaryl/α,β-unsaturated/α-hetero) is 1. The van der Waals surface area contributed by atoms with Crippen LogP contribution in [0.1, 0.15) is 31.4 Å². The third-order valence-corrected chi connectivity index (χ3v) is 4.87. The first-order valence-corrected chi connectivity index (χ1v) is 7.38. The Labute approximate surface area is 103 Å². The summed E-state index contributed by atoms with van der Waals surface area (Å²) >= 11 is 0. The number of sulfone groups is 1. The Morgan fingerprint density at radius 2 is 2.00 bits per heavy atom. The average Bonchev–Trinajstić information content (AvgIpc) is 2.26. The molecule has 17 heavy (non-hydrogen) atoms. The van der Waals surface area contributed by atoms with E-state index < -0.39 is 15.1 Å². The molecular formula is C13H18O3S. The van der Waals surface area contributed by atoms with Gasteiger partial charge in [-0.1, -0.05) is 36.8 Å². The van der Waals surface area contributed by atoms with Crippen molar-refractivity contribution in [2.24, 2.45) is 0 Å². The van der Waals surface area contributed by atoms with Crippen LogP contribution in [0.25, 0.3) is 0 Å². The predicted octanol–water partition coefficient (Wildman–Crippen LogP) is 2.28. The molecule has 1 aromatic rings. The van der Waals surface area contributed by atoms with E-state index in [0.717, 1.165) is 11.1 Å². The van der Waals surface area contributed by atoms with E-state index in [1.807, 2.05) is 25.1 Å². The van der Waals surface area contributed by atoms with Gasteiger partial charge in [0.1, 0.15) is 11.0 Å². The van der Waals surface area contributed by atoms with Gasteiger partial charge in [-0.25, -0.2) is 8.42 Å². The standard InChI is InChI=1S/C13H18O3S/c1-4-13(14)11(3)17(15,16)9-12-7-5-6-10(2)8-12/h5-8,11H,4,9H2,1-3H3. The fourth-order valence-corrected chi connectivity index (χ4v) is 3.11. The molecule has 1 unspecified atom stereocenters. The maximum atomic E-state index is 12.0. The lowest BCUT2D eigenvalue weighted by molar-refractivity contribution is -0.118. The normalized spacial score (nSPS) is 13.4. The van der Waals surface area contributed by atoms with Gasteiger partial charge in [0.2, 0.25) is 0 Å². The first kappa shape index (κ1) is 13.9. The van der Waals surface area contributed by atoms with Crippen molar-refractivity contribution in [1.82, 2.24) is 0 Å². The number of carbonyl (C=O) groups is 1. The number of benzene rings is 1. The zero-order chi connectivity index (χ0) is 13.1. The molecule has 0 saturated heterocycles. The SMILES string of the molecule is CCC(=O)C(C)S(=O)(=O)Cc1cccc(C)c1. The van der Waals surface area contributed by atoms with Crippen molar-refractivity contribution in [1.29, 1.82) is 0 Å². The molecule has 0 heterocycles. The summed E-state index contributed by atoms with van der Waals surface area (Å²) in [6, 6.07) is 7.34.